The lowest BCUT2D eigenvalue weighted by atomic mass is 9.91. The molecule has 0 saturated heterocycles. The van der Waals surface area contributed by atoms with Gasteiger partial charge in [-0.15, -0.1) is 0 Å². The Morgan fingerprint density at radius 2 is 1.91 bits per heavy atom. The van der Waals surface area contributed by atoms with Crippen molar-refractivity contribution >= 4 is 45.5 Å². The van der Waals surface area contributed by atoms with E-state index >= 15 is 0 Å². The Morgan fingerprint density at radius 3 is 2.59 bits per heavy atom. The van der Waals surface area contributed by atoms with E-state index in [-0.39, 0.29) is 17.5 Å². The van der Waals surface area contributed by atoms with Crippen LogP contribution in [0.3, 0.4) is 0 Å². The number of aryl methyl sites for hydroxylation is 1. The first kappa shape index (κ1) is 20.7. The van der Waals surface area contributed by atoms with E-state index in [2.05, 4.69) is 5.10 Å². The summed E-state index contributed by atoms with van der Waals surface area (Å²) in [6.45, 7) is 1.50. The maximum Gasteiger partial charge on any atom is 0.260 e. The van der Waals surface area contributed by atoms with E-state index in [1.54, 1.807) is 29.0 Å². The molecule has 5 nitrogen and oxygen atoms in total. The fourth-order valence-electron chi connectivity index (χ4n) is 4.36. The predicted octanol–water partition coefficient (Wildman–Crippen LogP) is 5.62. The molecule has 1 atom stereocenters. The normalized spacial score (nSPS) is 15.9. The van der Waals surface area contributed by atoms with Crippen LogP contribution in [0.25, 0.3) is 22.0 Å². The van der Waals surface area contributed by atoms with Crippen molar-refractivity contribution in [3.8, 4) is 11.1 Å². The minimum atomic E-state index is -0.219. The monoisotopic (exact) mass is 461 g/mol. The Labute approximate surface area is 194 Å². The maximum absolute atomic E-state index is 13.7. The summed E-state index contributed by atoms with van der Waals surface area (Å²) in [7, 11) is 1.74. The number of halogens is 1. The van der Waals surface area contributed by atoms with Gasteiger partial charge in [0.15, 0.2) is 0 Å². The van der Waals surface area contributed by atoms with Crippen molar-refractivity contribution in [1.82, 2.24) is 9.58 Å². The molecular weight excluding hydrogens is 442 g/mol. The Bertz CT molecular complexity index is 1430. The minimum Gasteiger partial charge on any atom is -0.311 e. The van der Waals surface area contributed by atoms with E-state index in [1.807, 2.05) is 59.3 Å². The number of hydrogen-bond donors (Lipinski definition) is 0. The second-order valence-corrected chi connectivity index (χ2v) is 9.05. The van der Waals surface area contributed by atoms with Crippen LogP contribution in [0.5, 0.6) is 0 Å². The molecule has 160 valence electrons. The SMILES string of the molecule is CC(=O)N1N=C(c2c(-c3ccccc3)c3ccc(Cl)cc3n(C)c2=O)CC1c1ccsc1. The fraction of sp³-hybridized carbons (Fsp3) is 0.160. The number of hydrazone groups is 1. The number of nitrogens with zero attached hydrogens (tertiary/aromatic N) is 3. The van der Waals surface area contributed by atoms with Gasteiger partial charge >= 0.3 is 0 Å². The summed E-state index contributed by atoms with van der Waals surface area (Å²) in [6.07, 6.45) is 0.477. The number of fused-ring (bicyclic) bond motifs is 1. The first-order valence-corrected chi connectivity index (χ1v) is 11.5. The maximum atomic E-state index is 13.7. The molecule has 32 heavy (non-hydrogen) atoms. The zero-order chi connectivity index (χ0) is 22.4. The van der Waals surface area contributed by atoms with Crippen LogP contribution in [0, 0.1) is 0 Å². The third-order valence-electron chi connectivity index (χ3n) is 5.87. The Kier molecular flexibility index (Phi) is 5.19. The molecule has 3 heterocycles. The van der Waals surface area contributed by atoms with Crippen molar-refractivity contribution in [2.45, 2.75) is 19.4 Å². The largest absolute Gasteiger partial charge is 0.311 e. The third kappa shape index (κ3) is 3.36. The van der Waals surface area contributed by atoms with Gasteiger partial charge in [-0.25, -0.2) is 5.01 Å². The Balaban J connectivity index is 1.80. The topological polar surface area (TPSA) is 54.7 Å². The number of benzene rings is 2. The van der Waals surface area contributed by atoms with Gasteiger partial charge < -0.3 is 4.57 Å². The third-order valence-corrected chi connectivity index (χ3v) is 6.81. The van der Waals surface area contributed by atoms with Gasteiger partial charge in [-0.1, -0.05) is 48.0 Å². The van der Waals surface area contributed by atoms with Crippen LogP contribution in [-0.2, 0) is 11.8 Å². The number of carbonyl (C=O) groups excluding carboxylic acids is 1. The molecule has 5 rings (SSSR count). The Hall–Kier alpha value is -3.22. The number of rotatable bonds is 3. The van der Waals surface area contributed by atoms with Crippen LogP contribution in [0.15, 0.2) is 75.3 Å². The van der Waals surface area contributed by atoms with Gasteiger partial charge in [0.05, 0.1) is 22.8 Å². The van der Waals surface area contributed by atoms with Gasteiger partial charge in [0.1, 0.15) is 0 Å². The predicted molar refractivity (Wildman–Crippen MR) is 130 cm³/mol. The smallest absolute Gasteiger partial charge is 0.260 e. The van der Waals surface area contributed by atoms with Crippen molar-refractivity contribution in [3.05, 3.63) is 91.9 Å². The highest BCUT2D eigenvalue weighted by atomic mass is 35.5. The average molecular weight is 462 g/mol. The molecule has 1 amide bonds. The van der Waals surface area contributed by atoms with Crippen molar-refractivity contribution in [3.63, 3.8) is 0 Å². The molecule has 0 aliphatic carbocycles. The lowest BCUT2D eigenvalue weighted by Crippen LogP contribution is -2.26. The zero-order valence-electron chi connectivity index (χ0n) is 17.6. The molecule has 0 bridgehead atoms. The van der Waals surface area contributed by atoms with Crippen LogP contribution in [0.4, 0.5) is 0 Å². The summed E-state index contributed by atoms with van der Waals surface area (Å²) in [5.74, 6) is -0.151. The van der Waals surface area contributed by atoms with Gasteiger partial charge in [0, 0.05) is 36.4 Å². The molecule has 1 aliphatic rings. The summed E-state index contributed by atoms with van der Waals surface area (Å²) < 4.78 is 1.61. The van der Waals surface area contributed by atoms with E-state index in [4.69, 9.17) is 11.6 Å². The molecule has 0 radical (unpaired) electrons. The molecule has 0 spiro atoms. The molecule has 0 N–H and O–H groups in total. The van der Waals surface area contributed by atoms with Gasteiger partial charge in [-0.05, 0) is 40.1 Å². The Morgan fingerprint density at radius 1 is 1.12 bits per heavy atom. The highest BCUT2D eigenvalue weighted by Crippen LogP contribution is 2.38. The number of pyridine rings is 1. The number of carbonyl (C=O) groups is 1. The van der Waals surface area contributed by atoms with E-state index < -0.39 is 0 Å². The van der Waals surface area contributed by atoms with E-state index in [1.165, 1.54) is 11.9 Å². The van der Waals surface area contributed by atoms with Gasteiger partial charge in [-0.2, -0.15) is 16.4 Å². The lowest BCUT2D eigenvalue weighted by molar-refractivity contribution is -0.130. The molecule has 0 saturated carbocycles. The van der Waals surface area contributed by atoms with Crippen molar-refractivity contribution in [2.24, 2.45) is 12.1 Å². The van der Waals surface area contributed by atoms with Crippen LogP contribution in [0.1, 0.15) is 30.5 Å². The molecule has 1 aliphatic heterocycles. The molecule has 0 fully saturated rings. The highest BCUT2D eigenvalue weighted by molar-refractivity contribution is 7.08. The van der Waals surface area contributed by atoms with Crippen LogP contribution in [-0.4, -0.2) is 21.2 Å². The van der Waals surface area contributed by atoms with Crippen molar-refractivity contribution in [1.29, 1.82) is 0 Å². The molecule has 4 aromatic rings. The van der Waals surface area contributed by atoms with Gasteiger partial charge in [-0.3, -0.25) is 9.59 Å². The summed E-state index contributed by atoms with van der Waals surface area (Å²) in [5.41, 5.74) is 4.49. The number of aromatic nitrogens is 1. The minimum absolute atomic E-state index is 0.151. The highest BCUT2D eigenvalue weighted by Gasteiger charge is 2.34. The molecule has 2 aromatic heterocycles. The first-order valence-electron chi connectivity index (χ1n) is 10.2. The van der Waals surface area contributed by atoms with Crippen molar-refractivity contribution in [2.75, 3.05) is 0 Å². The van der Waals surface area contributed by atoms with Crippen LogP contribution < -0.4 is 5.56 Å². The van der Waals surface area contributed by atoms with E-state index in [0.717, 1.165) is 27.6 Å². The second-order valence-electron chi connectivity index (χ2n) is 7.83. The zero-order valence-corrected chi connectivity index (χ0v) is 19.2. The first-order chi connectivity index (χ1) is 15.5. The summed E-state index contributed by atoms with van der Waals surface area (Å²) in [4.78, 5) is 26.1. The van der Waals surface area contributed by atoms with Gasteiger partial charge in [0.2, 0.25) is 5.91 Å². The average Bonchev–Trinajstić information content (AvgIpc) is 3.47. The summed E-state index contributed by atoms with van der Waals surface area (Å²) >= 11 is 7.83. The molecular formula is C25H20ClN3O2S. The quantitative estimate of drug-likeness (QED) is 0.397. The summed E-state index contributed by atoms with van der Waals surface area (Å²) in [5, 5.41) is 11.7. The van der Waals surface area contributed by atoms with Crippen molar-refractivity contribution < 1.29 is 4.79 Å². The van der Waals surface area contributed by atoms with E-state index in [9.17, 15) is 9.59 Å². The van der Waals surface area contributed by atoms with E-state index in [0.29, 0.717) is 22.7 Å². The standard InChI is InChI=1S/C25H20ClN3O2S/c1-15(30)29-21(17-10-11-32-14-17)13-20(27-29)24-23(16-6-4-3-5-7-16)19-9-8-18(26)12-22(19)28(2)25(24)31/h3-12,14,21H,13H2,1-2H3. The number of amides is 1. The second kappa shape index (κ2) is 8.04. The van der Waals surface area contributed by atoms with Gasteiger partial charge in [0.25, 0.3) is 5.56 Å². The molecule has 7 heteroatoms. The molecule has 1 unspecified atom stereocenters. The van der Waals surface area contributed by atoms with Crippen LogP contribution in [0.2, 0.25) is 5.02 Å². The molecule has 2 aromatic carbocycles. The fourth-order valence-corrected chi connectivity index (χ4v) is 5.23. The number of hydrogen-bond acceptors (Lipinski definition) is 4. The lowest BCUT2D eigenvalue weighted by Gasteiger charge is -2.19. The summed E-state index contributed by atoms with van der Waals surface area (Å²) in [6, 6.07) is 17.2. The number of thiophene rings is 1. The van der Waals surface area contributed by atoms with Crippen LogP contribution >= 0.6 is 22.9 Å².